The van der Waals surface area contributed by atoms with Crippen molar-refractivity contribution in [1.29, 1.82) is 0 Å². The van der Waals surface area contributed by atoms with Crippen LogP contribution in [0.4, 0.5) is 5.82 Å². The van der Waals surface area contributed by atoms with E-state index in [1.54, 1.807) is 12.1 Å². The Hall–Kier alpha value is -1.62. The molecular formula is C13H21N3O2. The van der Waals surface area contributed by atoms with E-state index >= 15 is 0 Å². The molecule has 5 heteroatoms. The summed E-state index contributed by atoms with van der Waals surface area (Å²) in [6, 6.07) is 3.51. The van der Waals surface area contributed by atoms with Crippen molar-refractivity contribution in [3.8, 4) is 0 Å². The van der Waals surface area contributed by atoms with E-state index in [9.17, 15) is 9.90 Å². The average Bonchev–Trinajstić information content (AvgIpc) is 2.35. The molecule has 0 bridgehead atoms. The van der Waals surface area contributed by atoms with Gasteiger partial charge in [-0.05, 0) is 18.1 Å². The van der Waals surface area contributed by atoms with Crippen LogP contribution in [0.25, 0.3) is 0 Å². The number of carbonyl (C=O) groups is 1. The summed E-state index contributed by atoms with van der Waals surface area (Å²) in [5, 5.41) is 12.3. The van der Waals surface area contributed by atoms with Crippen LogP contribution in [0.5, 0.6) is 0 Å². The Morgan fingerprint density at radius 1 is 1.44 bits per heavy atom. The van der Waals surface area contributed by atoms with Crippen molar-refractivity contribution < 1.29 is 9.90 Å². The van der Waals surface area contributed by atoms with Crippen molar-refractivity contribution in [3.05, 3.63) is 23.9 Å². The van der Waals surface area contributed by atoms with E-state index < -0.39 is 6.10 Å². The predicted molar refractivity (Wildman–Crippen MR) is 71.7 cm³/mol. The van der Waals surface area contributed by atoms with Crippen LogP contribution >= 0.6 is 0 Å². The summed E-state index contributed by atoms with van der Waals surface area (Å²) < 4.78 is 0. The third-order valence-electron chi connectivity index (χ3n) is 2.71. The van der Waals surface area contributed by atoms with Crippen molar-refractivity contribution >= 4 is 11.7 Å². The second-order valence-corrected chi connectivity index (χ2v) is 4.82. The second-order valence-electron chi connectivity index (χ2n) is 4.82. The largest absolute Gasteiger partial charge is 0.391 e. The molecule has 100 valence electrons. The molecule has 0 aromatic carbocycles. The predicted octanol–water partition coefficient (Wildman–Crippen LogP) is 0.894. The van der Waals surface area contributed by atoms with Gasteiger partial charge in [-0.3, -0.25) is 4.79 Å². The molecule has 0 aliphatic heterocycles. The Morgan fingerprint density at radius 2 is 2.11 bits per heavy atom. The molecule has 1 amide bonds. The maximum absolute atomic E-state index is 11.8. The summed E-state index contributed by atoms with van der Waals surface area (Å²) in [6.45, 7) is 4.07. The summed E-state index contributed by atoms with van der Waals surface area (Å²) in [7, 11) is 3.78. The van der Waals surface area contributed by atoms with Gasteiger partial charge >= 0.3 is 0 Å². The van der Waals surface area contributed by atoms with Crippen LogP contribution in [0.15, 0.2) is 18.3 Å². The monoisotopic (exact) mass is 251 g/mol. The highest BCUT2D eigenvalue weighted by Gasteiger charge is 2.12. The minimum Gasteiger partial charge on any atom is -0.391 e. The van der Waals surface area contributed by atoms with Crippen molar-refractivity contribution in [2.75, 3.05) is 25.5 Å². The van der Waals surface area contributed by atoms with E-state index in [4.69, 9.17) is 0 Å². The van der Waals surface area contributed by atoms with Crippen LogP contribution in [0.1, 0.15) is 24.2 Å². The zero-order chi connectivity index (χ0) is 13.7. The fraction of sp³-hybridized carbons (Fsp3) is 0.538. The number of hydrogen-bond donors (Lipinski definition) is 2. The SMILES string of the molecule is CC(C)C(O)CNC(=O)c1ccc(N(C)C)nc1. The first kappa shape index (κ1) is 14.4. The highest BCUT2D eigenvalue weighted by molar-refractivity contribution is 5.94. The van der Waals surface area contributed by atoms with E-state index in [1.807, 2.05) is 32.8 Å². The van der Waals surface area contributed by atoms with Gasteiger partial charge in [0.2, 0.25) is 0 Å². The van der Waals surface area contributed by atoms with Crippen LogP contribution in [0, 0.1) is 5.92 Å². The third-order valence-corrected chi connectivity index (χ3v) is 2.71. The van der Waals surface area contributed by atoms with Crippen molar-refractivity contribution in [3.63, 3.8) is 0 Å². The van der Waals surface area contributed by atoms with Gasteiger partial charge in [-0.15, -0.1) is 0 Å². The fourth-order valence-electron chi connectivity index (χ4n) is 1.32. The summed E-state index contributed by atoms with van der Waals surface area (Å²) in [5.74, 6) is 0.709. The quantitative estimate of drug-likeness (QED) is 0.816. The molecule has 1 heterocycles. The van der Waals surface area contributed by atoms with Gasteiger partial charge in [0.05, 0.1) is 11.7 Å². The van der Waals surface area contributed by atoms with Crippen molar-refractivity contribution in [2.45, 2.75) is 20.0 Å². The number of aromatic nitrogens is 1. The van der Waals surface area contributed by atoms with Gasteiger partial charge in [-0.2, -0.15) is 0 Å². The number of anilines is 1. The molecule has 0 fully saturated rings. The van der Waals surface area contributed by atoms with Crippen LogP contribution in [-0.2, 0) is 0 Å². The van der Waals surface area contributed by atoms with Gasteiger partial charge in [0.25, 0.3) is 5.91 Å². The van der Waals surface area contributed by atoms with E-state index in [-0.39, 0.29) is 18.4 Å². The first-order valence-corrected chi connectivity index (χ1v) is 6.01. The number of carbonyl (C=O) groups excluding carboxylic acids is 1. The summed E-state index contributed by atoms with van der Waals surface area (Å²) in [4.78, 5) is 17.8. The van der Waals surface area contributed by atoms with Gasteiger partial charge in [-0.1, -0.05) is 13.8 Å². The van der Waals surface area contributed by atoms with Gasteiger partial charge in [0.15, 0.2) is 0 Å². The molecule has 1 aromatic heterocycles. The highest BCUT2D eigenvalue weighted by atomic mass is 16.3. The zero-order valence-electron chi connectivity index (χ0n) is 11.3. The number of nitrogens with zero attached hydrogens (tertiary/aromatic N) is 2. The fourth-order valence-corrected chi connectivity index (χ4v) is 1.32. The number of hydrogen-bond acceptors (Lipinski definition) is 4. The number of amides is 1. The van der Waals surface area contributed by atoms with Crippen molar-refractivity contribution in [2.24, 2.45) is 5.92 Å². The van der Waals surface area contributed by atoms with Crippen LogP contribution in [-0.4, -0.2) is 42.7 Å². The molecule has 1 aromatic rings. The third kappa shape index (κ3) is 4.00. The standard InChI is InChI=1S/C13H21N3O2/c1-9(2)11(17)8-15-13(18)10-5-6-12(14-7-10)16(3)4/h5-7,9,11,17H,8H2,1-4H3,(H,15,18). The molecule has 5 nitrogen and oxygen atoms in total. The van der Waals surface area contributed by atoms with E-state index in [2.05, 4.69) is 10.3 Å². The number of aliphatic hydroxyl groups is 1. The molecule has 1 unspecified atom stereocenters. The Labute approximate surface area is 108 Å². The van der Waals surface area contributed by atoms with Gasteiger partial charge in [-0.25, -0.2) is 4.98 Å². The minimum atomic E-state index is -0.525. The Kier molecular flexibility index (Phi) is 5.09. The lowest BCUT2D eigenvalue weighted by atomic mass is 10.1. The normalized spacial score (nSPS) is 12.3. The zero-order valence-corrected chi connectivity index (χ0v) is 11.3. The van der Waals surface area contributed by atoms with Crippen LogP contribution in [0.3, 0.4) is 0 Å². The lowest BCUT2D eigenvalue weighted by Crippen LogP contribution is -2.34. The molecule has 18 heavy (non-hydrogen) atoms. The number of aliphatic hydroxyl groups excluding tert-OH is 1. The number of rotatable bonds is 5. The van der Waals surface area contributed by atoms with Crippen LogP contribution < -0.4 is 10.2 Å². The Balaban J connectivity index is 2.57. The molecule has 0 aliphatic carbocycles. The Bertz CT molecular complexity index is 388. The van der Waals surface area contributed by atoms with Gasteiger partial charge in [0, 0.05) is 26.8 Å². The highest BCUT2D eigenvalue weighted by Crippen LogP contribution is 2.07. The number of nitrogens with one attached hydrogen (secondary N) is 1. The molecule has 1 rings (SSSR count). The van der Waals surface area contributed by atoms with E-state index in [1.165, 1.54) is 6.20 Å². The van der Waals surface area contributed by atoms with E-state index in [0.717, 1.165) is 5.82 Å². The lowest BCUT2D eigenvalue weighted by molar-refractivity contribution is 0.0871. The summed E-state index contributed by atoms with van der Waals surface area (Å²) in [5.41, 5.74) is 0.497. The molecule has 0 saturated carbocycles. The molecule has 0 spiro atoms. The molecule has 0 saturated heterocycles. The second kappa shape index (κ2) is 6.35. The molecule has 1 atom stereocenters. The Morgan fingerprint density at radius 3 is 2.56 bits per heavy atom. The van der Waals surface area contributed by atoms with Crippen molar-refractivity contribution in [1.82, 2.24) is 10.3 Å². The molecule has 0 radical (unpaired) electrons. The number of pyridine rings is 1. The lowest BCUT2D eigenvalue weighted by Gasteiger charge is -2.15. The minimum absolute atomic E-state index is 0.125. The first-order valence-electron chi connectivity index (χ1n) is 6.01. The maximum atomic E-state index is 11.8. The smallest absolute Gasteiger partial charge is 0.252 e. The molecular weight excluding hydrogens is 230 g/mol. The maximum Gasteiger partial charge on any atom is 0.252 e. The summed E-state index contributed by atoms with van der Waals surface area (Å²) >= 11 is 0. The van der Waals surface area contributed by atoms with Crippen LogP contribution in [0.2, 0.25) is 0 Å². The van der Waals surface area contributed by atoms with E-state index in [0.29, 0.717) is 5.56 Å². The first-order chi connectivity index (χ1) is 8.41. The van der Waals surface area contributed by atoms with Gasteiger partial charge < -0.3 is 15.3 Å². The average molecular weight is 251 g/mol. The molecule has 2 N–H and O–H groups in total. The van der Waals surface area contributed by atoms with Gasteiger partial charge in [0.1, 0.15) is 5.82 Å². The summed E-state index contributed by atoms with van der Waals surface area (Å²) in [6.07, 6.45) is 1.01. The molecule has 0 aliphatic rings. The topological polar surface area (TPSA) is 65.5 Å².